The highest BCUT2D eigenvalue weighted by Gasteiger charge is 2.37. The lowest BCUT2D eigenvalue weighted by molar-refractivity contribution is -0.129. The monoisotopic (exact) mass is 392 g/mol. The van der Waals surface area contributed by atoms with Crippen LogP contribution in [0.5, 0.6) is 0 Å². The Morgan fingerprint density at radius 3 is 2.62 bits per heavy atom. The van der Waals surface area contributed by atoms with E-state index in [1.807, 2.05) is 54.9 Å². The number of carbonyl (C=O) groups is 2. The molecule has 0 saturated carbocycles. The van der Waals surface area contributed by atoms with Crippen molar-refractivity contribution >= 4 is 11.8 Å². The standard InChI is InChI=1S/C21H24N6O2/c1-14-8-9-23-27(14)11-10-22-20(28)17-12-26(13-17)21(29)19-15(2)18(24-25-19)16-6-4-3-5-7-16/h3-9,17H,10-13H2,1-2H3,(H,22,28)(H,24,25). The highest BCUT2D eigenvalue weighted by molar-refractivity contribution is 5.97. The van der Waals surface area contributed by atoms with Gasteiger partial charge in [-0.1, -0.05) is 30.3 Å². The van der Waals surface area contributed by atoms with E-state index < -0.39 is 0 Å². The number of hydrogen-bond acceptors (Lipinski definition) is 4. The molecular weight excluding hydrogens is 368 g/mol. The second-order valence-electron chi connectivity index (χ2n) is 7.33. The van der Waals surface area contributed by atoms with Gasteiger partial charge in [0.05, 0.1) is 18.2 Å². The molecule has 0 spiro atoms. The van der Waals surface area contributed by atoms with E-state index in [0.717, 1.165) is 22.5 Å². The number of H-pyrrole nitrogens is 1. The fraction of sp³-hybridized carbons (Fsp3) is 0.333. The van der Waals surface area contributed by atoms with Gasteiger partial charge in [-0.3, -0.25) is 19.4 Å². The van der Waals surface area contributed by atoms with Crippen molar-refractivity contribution in [1.29, 1.82) is 0 Å². The highest BCUT2D eigenvalue weighted by atomic mass is 16.2. The number of benzene rings is 1. The SMILES string of the molecule is Cc1c(-c2ccccc2)n[nH]c1C(=O)N1CC(C(=O)NCCn2nccc2C)C1. The Bertz CT molecular complexity index is 1020. The first-order valence-corrected chi connectivity index (χ1v) is 9.70. The predicted molar refractivity (Wildman–Crippen MR) is 108 cm³/mol. The van der Waals surface area contributed by atoms with Gasteiger partial charge in [-0.05, 0) is 19.9 Å². The van der Waals surface area contributed by atoms with E-state index >= 15 is 0 Å². The van der Waals surface area contributed by atoms with Crippen molar-refractivity contribution in [3.63, 3.8) is 0 Å². The van der Waals surface area contributed by atoms with Crippen LogP contribution in [0.4, 0.5) is 0 Å². The fourth-order valence-corrected chi connectivity index (χ4v) is 3.51. The molecule has 1 saturated heterocycles. The molecule has 3 aromatic rings. The van der Waals surface area contributed by atoms with Gasteiger partial charge in [-0.15, -0.1) is 0 Å². The summed E-state index contributed by atoms with van der Waals surface area (Å²) in [4.78, 5) is 26.8. The Labute approximate surface area is 168 Å². The number of rotatable bonds is 6. The summed E-state index contributed by atoms with van der Waals surface area (Å²) in [6.07, 6.45) is 1.74. The van der Waals surface area contributed by atoms with Crippen LogP contribution in [0.1, 0.15) is 21.7 Å². The van der Waals surface area contributed by atoms with Gasteiger partial charge >= 0.3 is 0 Å². The van der Waals surface area contributed by atoms with Crippen molar-refractivity contribution in [2.75, 3.05) is 19.6 Å². The van der Waals surface area contributed by atoms with Crippen molar-refractivity contribution in [3.05, 3.63) is 59.5 Å². The third kappa shape index (κ3) is 3.78. The van der Waals surface area contributed by atoms with Gasteiger partial charge < -0.3 is 10.2 Å². The van der Waals surface area contributed by atoms with Gasteiger partial charge in [-0.2, -0.15) is 10.2 Å². The lowest BCUT2D eigenvalue weighted by Gasteiger charge is -2.38. The van der Waals surface area contributed by atoms with Crippen LogP contribution in [0.3, 0.4) is 0 Å². The van der Waals surface area contributed by atoms with Gasteiger partial charge in [0, 0.05) is 42.7 Å². The summed E-state index contributed by atoms with van der Waals surface area (Å²) >= 11 is 0. The van der Waals surface area contributed by atoms with Crippen LogP contribution in [-0.4, -0.2) is 56.3 Å². The summed E-state index contributed by atoms with van der Waals surface area (Å²) < 4.78 is 1.85. The number of aromatic amines is 1. The maximum Gasteiger partial charge on any atom is 0.272 e. The van der Waals surface area contributed by atoms with Crippen LogP contribution in [0, 0.1) is 19.8 Å². The van der Waals surface area contributed by atoms with Crippen LogP contribution >= 0.6 is 0 Å². The number of aromatic nitrogens is 4. The zero-order valence-corrected chi connectivity index (χ0v) is 16.6. The first-order chi connectivity index (χ1) is 14.0. The molecule has 29 heavy (non-hydrogen) atoms. The van der Waals surface area contributed by atoms with Crippen LogP contribution in [-0.2, 0) is 11.3 Å². The van der Waals surface area contributed by atoms with Gasteiger partial charge in [0.1, 0.15) is 5.69 Å². The summed E-state index contributed by atoms with van der Waals surface area (Å²) in [7, 11) is 0. The Morgan fingerprint density at radius 2 is 1.93 bits per heavy atom. The third-order valence-electron chi connectivity index (χ3n) is 5.36. The molecule has 0 radical (unpaired) electrons. The van der Waals surface area contributed by atoms with Crippen LogP contribution in [0.15, 0.2) is 42.6 Å². The molecule has 2 aromatic heterocycles. The molecule has 0 aliphatic carbocycles. The lowest BCUT2D eigenvalue weighted by Crippen LogP contribution is -2.56. The van der Waals surface area contributed by atoms with Crippen molar-refractivity contribution in [2.24, 2.45) is 5.92 Å². The molecule has 1 aliphatic heterocycles. The third-order valence-corrected chi connectivity index (χ3v) is 5.36. The molecule has 1 aliphatic rings. The van der Waals surface area contributed by atoms with Crippen LogP contribution in [0.2, 0.25) is 0 Å². The maximum absolute atomic E-state index is 12.8. The zero-order chi connectivity index (χ0) is 20.4. The molecule has 1 fully saturated rings. The Balaban J connectivity index is 1.29. The number of likely N-dealkylation sites (tertiary alicyclic amines) is 1. The summed E-state index contributed by atoms with van der Waals surface area (Å²) in [5.74, 6) is -0.312. The van der Waals surface area contributed by atoms with E-state index in [1.165, 1.54) is 0 Å². The normalized spacial score (nSPS) is 13.9. The molecule has 150 valence electrons. The maximum atomic E-state index is 12.8. The Hall–Kier alpha value is -3.42. The average Bonchev–Trinajstić information content (AvgIpc) is 3.27. The number of carbonyl (C=O) groups excluding carboxylic acids is 2. The van der Waals surface area contributed by atoms with Gasteiger partial charge in [0.25, 0.3) is 5.91 Å². The number of amides is 2. The summed E-state index contributed by atoms with van der Waals surface area (Å²) in [5, 5.41) is 14.3. The predicted octanol–water partition coefficient (Wildman–Crippen LogP) is 1.78. The molecule has 0 bridgehead atoms. The van der Waals surface area contributed by atoms with E-state index in [4.69, 9.17) is 0 Å². The van der Waals surface area contributed by atoms with E-state index in [-0.39, 0.29) is 17.7 Å². The van der Waals surface area contributed by atoms with E-state index in [0.29, 0.717) is 31.9 Å². The number of nitrogens with zero attached hydrogens (tertiary/aromatic N) is 4. The molecule has 2 amide bonds. The molecule has 2 N–H and O–H groups in total. The number of aryl methyl sites for hydroxylation is 1. The average molecular weight is 392 g/mol. The van der Waals surface area contributed by atoms with Crippen molar-refractivity contribution in [3.8, 4) is 11.3 Å². The van der Waals surface area contributed by atoms with E-state index in [9.17, 15) is 9.59 Å². The quantitative estimate of drug-likeness (QED) is 0.668. The minimum atomic E-state index is -0.172. The second-order valence-corrected chi connectivity index (χ2v) is 7.33. The van der Waals surface area contributed by atoms with Crippen LogP contribution in [0.25, 0.3) is 11.3 Å². The topological polar surface area (TPSA) is 95.9 Å². The smallest absolute Gasteiger partial charge is 0.272 e. The highest BCUT2D eigenvalue weighted by Crippen LogP contribution is 2.25. The molecule has 1 aromatic carbocycles. The number of hydrogen-bond donors (Lipinski definition) is 2. The summed E-state index contributed by atoms with van der Waals surface area (Å²) in [5.41, 5.74) is 4.11. The molecule has 4 rings (SSSR count). The number of nitrogens with one attached hydrogen (secondary N) is 2. The Kier molecular flexibility index (Phi) is 5.16. The molecule has 0 unspecified atom stereocenters. The van der Waals surface area contributed by atoms with E-state index in [2.05, 4.69) is 20.6 Å². The van der Waals surface area contributed by atoms with Gasteiger partial charge in [0.2, 0.25) is 5.91 Å². The van der Waals surface area contributed by atoms with Gasteiger partial charge in [0.15, 0.2) is 0 Å². The lowest BCUT2D eigenvalue weighted by atomic mass is 9.98. The molecule has 8 nitrogen and oxygen atoms in total. The minimum absolute atomic E-state index is 0.0230. The first-order valence-electron chi connectivity index (χ1n) is 9.70. The van der Waals surface area contributed by atoms with Crippen molar-refractivity contribution in [1.82, 2.24) is 30.2 Å². The van der Waals surface area contributed by atoms with Gasteiger partial charge in [-0.25, -0.2) is 0 Å². The van der Waals surface area contributed by atoms with E-state index in [1.54, 1.807) is 11.1 Å². The summed E-state index contributed by atoms with van der Waals surface area (Å²) in [6.45, 7) is 5.86. The van der Waals surface area contributed by atoms with Crippen molar-refractivity contribution in [2.45, 2.75) is 20.4 Å². The first kappa shape index (κ1) is 18.9. The molecule has 0 atom stereocenters. The van der Waals surface area contributed by atoms with Crippen molar-refractivity contribution < 1.29 is 9.59 Å². The summed E-state index contributed by atoms with van der Waals surface area (Å²) in [6, 6.07) is 11.7. The minimum Gasteiger partial charge on any atom is -0.354 e. The van der Waals surface area contributed by atoms with Crippen LogP contribution < -0.4 is 5.32 Å². The molecular formula is C21H24N6O2. The Morgan fingerprint density at radius 1 is 1.17 bits per heavy atom. The zero-order valence-electron chi connectivity index (χ0n) is 16.6. The fourth-order valence-electron chi connectivity index (χ4n) is 3.51. The molecule has 8 heteroatoms. The largest absolute Gasteiger partial charge is 0.354 e. The molecule has 3 heterocycles. The second kappa shape index (κ2) is 7.90.